The highest BCUT2D eigenvalue weighted by molar-refractivity contribution is 6.31. The van der Waals surface area contributed by atoms with Gasteiger partial charge in [0, 0.05) is 22.3 Å². The number of hydrogen-bond acceptors (Lipinski definition) is 4. The van der Waals surface area contributed by atoms with Crippen molar-refractivity contribution in [2.45, 2.75) is 65.2 Å². The SMILES string of the molecule is CCCCCC1=C(C2=C(CCCCC)C(=O)C=CC2=O)C(=O)C=CC1=O. The van der Waals surface area contributed by atoms with Gasteiger partial charge in [-0.15, -0.1) is 0 Å². The third kappa shape index (κ3) is 4.43. The number of hydrogen-bond donors (Lipinski definition) is 0. The molecule has 4 heteroatoms. The van der Waals surface area contributed by atoms with Crippen molar-refractivity contribution in [2.75, 3.05) is 0 Å². The first kappa shape index (κ1) is 20.0. The molecule has 0 aromatic rings. The van der Waals surface area contributed by atoms with Crippen molar-refractivity contribution in [3.05, 3.63) is 46.6 Å². The molecule has 138 valence electrons. The average Bonchev–Trinajstić information content (AvgIpc) is 2.62. The molecule has 0 saturated heterocycles. The number of carbonyl (C=O) groups excluding carboxylic acids is 4. The van der Waals surface area contributed by atoms with E-state index in [1.54, 1.807) is 0 Å². The van der Waals surface area contributed by atoms with Crippen molar-refractivity contribution in [2.24, 2.45) is 0 Å². The predicted molar refractivity (Wildman–Crippen MR) is 101 cm³/mol. The Labute approximate surface area is 154 Å². The Morgan fingerprint density at radius 3 is 1.23 bits per heavy atom. The smallest absolute Gasteiger partial charge is 0.187 e. The summed E-state index contributed by atoms with van der Waals surface area (Å²) in [7, 11) is 0. The van der Waals surface area contributed by atoms with E-state index in [-0.39, 0.29) is 34.3 Å². The Balaban J connectivity index is 2.53. The summed E-state index contributed by atoms with van der Waals surface area (Å²) in [6.45, 7) is 4.12. The Morgan fingerprint density at radius 1 is 0.538 bits per heavy atom. The van der Waals surface area contributed by atoms with Gasteiger partial charge < -0.3 is 0 Å². The molecule has 0 unspecified atom stereocenters. The lowest BCUT2D eigenvalue weighted by atomic mass is 9.79. The molecule has 0 heterocycles. The molecule has 0 spiro atoms. The van der Waals surface area contributed by atoms with Crippen LogP contribution >= 0.6 is 0 Å². The lowest BCUT2D eigenvalue weighted by Gasteiger charge is -2.21. The molecule has 2 rings (SSSR count). The van der Waals surface area contributed by atoms with E-state index in [9.17, 15) is 19.2 Å². The first-order valence-corrected chi connectivity index (χ1v) is 9.51. The maximum atomic E-state index is 12.6. The van der Waals surface area contributed by atoms with Gasteiger partial charge in [-0.05, 0) is 50.0 Å². The first-order valence-electron chi connectivity index (χ1n) is 9.51. The fraction of sp³-hybridized carbons (Fsp3) is 0.455. The number of rotatable bonds is 9. The lowest BCUT2D eigenvalue weighted by Crippen LogP contribution is -2.24. The maximum absolute atomic E-state index is 12.6. The quantitative estimate of drug-likeness (QED) is 0.461. The molecule has 0 radical (unpaired) electrons. The van der Waals surface area contributed by atoms with Crippen LogP contribution in [0.3, 0.4) is 0 Å². The molecule has 0 saturated carbocycles. The summed E-state index contributed by atoms with van der Waals surface area (Å²) in [6, 6.07) is 0. The second-order valence-corrected chi connectivity index (χ2v) is 6.74. The highest BCUT2D eigenvalue weighted by atomic mass is 16.1. The zero-order valence-electron chi connectivity index (χ0n) is 15.6. The van der Waals surface area contributed by atoms with Crippen LogP contribution in [0.25, 0.3) is 0 Å². The van der Waals surface area contributed by atoms with Crippen molar-refractivity contribution in [1.82, 2.24) is 0 Å². The normalized spacial score (nSPS) is 17.8. The summed E-state index contributed by atoms with van der Waals surface area (Å²) in [4.78, 5) is 50.0. The van der Waals surface area contributed by atoms with E-state index in [4.69, 9.17) is 0 Å². The third-order valence-electron chi connectivity index (χ3n) is 4.77. The Hall–Kier alpha value is -2.36. The summed E-state index contributed by atoms with van der Waals surface area (Å²) in [5, 5.41) is 0. The summed E-state index contributed by atoms with van der Waals surface area (Å²) in [6.07, 6.45) is 11.3. The Kier molecular flexibility index (Phi) is 7.19. The van der Waals surface area contributed by atoms with E-state index in [0.717, 1.165) is 38.5 Å². The molecular formula is C22H26O4. The summed E-state index contributed by atoms with van der Waals surface area (Å²) >= 11 is 0. The fourth-order valence-corrected chi connectivity index (χ4v) is 3.36. The maximum Gasteiger partial charge on any atom is 0.187 e. The van der Waals surface area contributed by atoms with Crippen molar-refractivity contribution < 1.29 is 19.2 Å². The van der Waals surface area contributed by atoms with Gasteiger partial charge in [0.05, 0.1) is 0 Å². The highest BCUT2D eigenvalue weighted by Gasteiger charge is 2.32. The van der Waals surface area contributed by atoms with Crippen molar-refractivity contribution in [1.29, 1.82) is 0 Å². The minimum Gasteiger partial charge on any atom is -0.290 e. The fourth-order valence-electron chi connectivity index (χ4n) is 3.36. The molecule has 0 atom stereocenters. The zero-order valence-corrected chi connectivity index (χ0v) is 15.6. The van der Waals surface area contributed by atoms with Crippen LogP contribution in [0.5, 0.6) is 0 Å². The Morgan fingerprint density at radius 2 is 0.885 bits per heavy atom. The van der Waals surface area contributed by atoms with Crippen molar-refractivity contribution >= 4 is 23.1 Å². The molecule has 0 fully saturated rings. The number of allylic oxidation sites excluding steroid dienone is 8. The molecule has 4 nitrogen and oxygen atoms in total. The number of carbonyl (C=O) groups is 4. The monoisotopic (exact) mass is 354 g/mol. The minimum atomic E-state index is -0.351. The molecule has 0 aliphatic heterocycles. The van der Waals surface area contributed by atoms with Gasteiger partial charge in [0.15, 0.2) is 23.1 Å². The summed E-state index contributed by atoms with van der Waals surface area (Å²) < 4.78 is 0. The van der Waals surface area contributed by atoms with Crippen molar-refractivity contribution in [3.8, 4) is 0 Å². The second kappa shape index (κ2) is 9.37. The van der Waals surface area contributed by atoms with Crippen LogP contribution in [0.2, 0.25) is 0 Å². The van der Waals surface area contributed by atoms with Gasteiger partial charge in [-0.2, -0.15) is 0 Å². The van der Waals surface area contributed by atoms with E-state index < -0.39 is 0 Å². The first-order chi connectivity index (χ1) is 12.5. The summed E-state index contributed by atoms with van der Waals surface area (Å²) in [5.74, 6) is -1.16. The summed E-state index contributed by atoms with van der Waals surface area (Å²) in [5.41, 5.74) is 1.07. The molecule has 0 bridgehead atoms. The van der Waals surface area contributed by atoms with Crippen LogP contribution in [0.15, 0.2) is 46.6 Å². The van der Waals surface area contributed by atoms with Crippen LogP contribution in [0.1, 0.15) is 65.2 Å². The zero-order chi connectivity index (χ0) is 19.1. The molecule has 0 aromatic heterocycles. The van der Waals surface area contributed by atoms with Gasteiger partial charge in [0.2, 0.25) is 0 Å². The number of ketones is 4. The van der Waals surface area contributed by atoms with Gasteiger partial charge in [-0.25, -0.2) is 0 Å². The molecule has 0 N–H and O–H groups in total. The van der Waals surface area contributed by atoms with Gasteiger partial charge in [-0.3, -0.25) is 19.2 Å². The van der Waals surface area contributed by atoms with Gasteiger partial charge >= 0.3 is 0 Å². The van der Waals surface area contributed by atoms with Crippen LogP contribution in [0, 0.1) is 0 Å². The van der Waals surface area contributed by atoms with Crippen LogP contribution < -0.4 is 0 Å². The van der Waals surface area contributed by atoms with Crippen LogP contribution in [-0.4, -0.2) is 23.1 Å². The lowest BCUT2D eigenvalue weighted by molar-refractivity contribution is -0.116. The molecular weight excluding hydrogens is 328 g/mol. The molecule has 2 aliphatic rings. The van der Waals surface area contributed by atoms with E-state index in [1.807, 2.05) is 0 Å². The Bertz CT molecular complexity index is 680. The largest absolute Gasteiger partial charge is 0.290 e. The topological polar surface area (TPSA) is 68.3 Å². The number of unbranched alkanes of at least 4 members (excludes halogenated alkanes) is 4. The molecule has 26 heavy (non-hydrogen) atoms. The highest BCUT2D eigenvalue weighted by Crippen LogP contribution is 2.32. The molecule has 0 amide bonds. The van der Waals surface area contributed by atoms with Gasteiger partial charge in [0.25, 0.3) is 0 Å². The van der Waals surface area contributed by atoms with E-state index in [1.165, 1.54) is 24.3 Å². The average molecular weight is 354 g/mol. The standard InChI is InChI=1S/C22H26O4/c1-3-5-7-9-15-17(23)11-13-19(25)21(15)22-16(10-8-6-4-2)18(24)12-14-20(22)26/h11-14H,3-10H2,1-2H3. The van der Waals surface area contributed by atoms with Crippen molar-refractivity contribution in [3.63, 3.8) is 0 Å². The predicted octanol–water partition coefficient (Wildman–Crippen LogP) is 4.16. The van der Waals surface area contributed by atoms with Gasteiger partial charge in [-0.1, -0.05) is 39.5 Å². The third-order valence-corrected chi connectivity index (χ3v) is 4.77. The van der Waals surface area contributed by atoms with E-state index in [0.29, 0.717) is 24.0 Å². The minimum absolute atomic E-state index is 0.155. The molecule has 0 aromatic carbocycles. The van der Waals surface area contributed by atoms with Gasteiger partial charge in [0.1, 0.15) is 0 Å². The molecule has 2 aliphatic carbocycles. The van der Waals surface area contributed by atoms with Crippen LogP contribution in [0.4, 0.5) is 0 Å². The van der Waals surface area contributed by atoms with E-state index in [2.05, 4.69) is 13.8 Å². The van der Waals surface area contributed by atoms with E-state index >= 15 is 0 Å². The van der Waals surface area contributed by atoms with Crippen LogP contribution in [-0.2, 0) is 19.2 Å². The second-order valence-electron chi connectivity index (χ2n) is 6.74.